The van der Waals surface area contributed by atoms with E-state index in [0.717, 1.165) is 10.5 Å². The van der Waals surface area contributed by atoms with Crippen LogP contribution in [0.3, 0.4) is 0 Å². The number of carbonyl (C=O) groups excluding carboxylic acids is 4. The van der Waals surface area contributed by atoms with Gasteiger partial charge in [0.2, 0.25) is 11.8 Å². The highest BCUT2D eigenvalue weighted by molar-refractivity contribution is 7.17. The zero-order valence-electron chi connectivity index (χ0n) is 19.4. The topological polar surface area (TPSA) is 108 Å². The lowest BCUT2D eigenvalue weighted by atomic mass is 9.85. The number of hydrogen-bond donors (Lipinski definition) is 2. The molecule has 1 aliphatic heterocycles. The van der Waals surface area contributed by atoms with E-state index < -0.39 is 29.7 Å². The third-order valence-corrected chi connectivity index (χ3v) is 7.38. The summed E-state index contributed by atoms with van der Waals surface area (Å²) in [5, 5.41) is 0.705. The van der Waals surface area contributed by atoms with Gasteiger partial charge in [0.25, 0.3) is 11.8 Å². The van der Waals surface area contributed by atoms with E-state index in [4.69, 9.17) is 0 Å². The Morgan fingerprint density at radius 2 is 1.68 bits per heavy atom. The molecule has 4 amide bonds. The first-order valence-corrected chi connectivity index (χ1v) is 12.2. The van der Waals surface area contributed by atoms with Crippen LogP contribution in [-0.4, -0.2) is 39.6 Å². The third-order valence-electron chi connectivity index (χ3n) is 6.17. The van der Waals surface area contributed by atoms with Crippen molar-refractivity contribution in [2.75, 3.05) is 0 Å². The normalized spacial score (nSPS) is 20.4. The van der Waals surface area contributed by atoms with Crippen LogP contribution in [0.2, 0.25) is 0 Å². The maximum atomic E-state index is 13.1. The molecule has 2 N–H and O–H groups in total. The van der Waals surface area contributed by atoms with Crippen molar-refractivity contribution >= 4 is 35.0 Å². The number of aromatic nitrogens is 1. The summed E-state index contributed by atoms with van der Waals surface area (Å²) in [4.78, 5) is 57.9. The van der Waals surface area contributed by atoms with E-state index >= 15 is 0 Å². The first kappa shape index (κ1) is 23.8. The van der Waals surface area contributed by atoms with Gasteiger partial charge in [-0.25, -0.2) is 4.98 Å². The van der Waals surface area contributed by atoms with E-state index in [-0.39, 0.29) is 17.7 Å². The van der Waals surface area contributed by atoms with Crippen molar-refractivity contribution in [3.8, 4) is 10.6 Å². The Bertz CT molecular complexity index is 1120. The van der Waals surface area contributed by atoms with Crippen LogP contribution < -0.4 is 10.9 Å². The lowest BCUT2D eigenvalue weighted by Crippen LogP contribution is -2.54. The van der Waals surface area contributed by atoms with Crippen LogP contribution in [-0.2, 0) is 14.4 Å². The molecule has 1 fully saturated rings. The van der Waals surface area contributed by atoms with Crippen molar-refractivity contribution in [1.82, 2.24) is 20.7 Å². The van der Waals surface area contributed by atoms with Gasteiger partial charge in [0, 0.05) is 5.56 Å². The summed E-state index contributed by atoms with van der Waals surface area (Å²) >= 11 is 1.23. The van der Waals surface area contributed by atoms with Crippen LogP contribution in [0.5, 0.6) is 0 Å². The summed E-state index contributed by atoms with van der Waals surface area (Å²) in [7, 11) is 0. The summed E-state index contributed by atoms with van der Waals surface area (Å²) in [5.41, 5.74) is 6.34. The van der Waals surface area contributed by atoms with Gasteiger partial charge in [-0.05, 0) is 32.1 Å². The van der Waals surface area contributed by atoms with Crippen molar-refractivity contribution in [3.05, 3.63) is 53.1 Å². The van der Waals surface area contributed by atoms with Gasteiger partial charge in [0.15, 0.2) is 0 Å². The number of amides is 4. The number of thiazole rings is 1. The van der Waals surface area contributed by atoms with Crippen LogP contribution in [0.1, 0.15) is 48.5 Å². The molecule has 4 rings (SSSR count). The average Bonchev–Trinajstić information content (AvgIpc) is 3.34. The Morgan fingerprint density at radius 1 is 1.06 bits per heavy atom. The number of rotatable bonds is 6. The van der Waals surface area contributed by atoms with Crippen LogP contribution in [0, 0.1) is 24.7 Å². The summed E-state index contributed by atoms with van der Waals surface area (Å²) < 4.78 is 0. The highest BCUT2D eigenvalue weighted by atomic mass is 32.1. The molecule has 2 aromatic rings. The van der Waals surface area contributed by atoms with Gasteiger partial charge in [0.1, 0.15) is 15.9 Å². The molecule has 0 saturated carbocycles. The molecule has 2 aliphatic rings. The zero-order chi connectivity index (χ0) is 24.4. The van der Waals surface area contributed by atoms with Gasteiger partial charge in [0.05, 0.1) is 17.5 Å². The second kappa shape index (κ2) is 9.89. The summed E-state index contributed by atoms with van der Waals surface area (Å²) in [6.07, 6.45) is 5.15. The molecule has 3 atom stereocenters. The minimum Gasteiger partial charge on any atom is -0.274 e. The number of nitrogens with zero attached hydrogens (tertiary/aromatic N) is 2. The predicted molar refractivity (Wildman–Crippen MR) is 128 cm³/mol. The number of hydrazine groups is 1. The lowest BCUT2D eigenvalue weighted by Gasteiger charge is -2.27. The lowest BCUT2D eigenvalue weighted by molar-refractivity contribution is -0.148. The molecule has 0 bridgehead atoms. The van der Waals surface area contributed by atoms with Gasteiger partial charge in [-0.2, -0.15) is 0 Å². The second-order valence-electron chi connectivity index (χ2n) is 9.09. The standard InChI is InChI=1S/C25H28N4O4S/c1-14(2)13-19(29-24(32)17-11-7-8-12-18(17)25(29)33)21(30)27-28-22(31)20-15(3)26-23(34-20)16-9-5-4-6-10-16/h4-10,14,17-19H,11-13H2,1-3H3,(H,27,30)(H,28,31). The first-order valence-electron chi connectivity index (χ1n) is 11.4. The summed E-state index contributed by atoms with van der Waals surface area (Å²) in [6.45, 7) is 5.58. The van der Waals surface area contributed by atoms with Gasteiger partial charge < -0.3 is 0 Å². The Labute approximate surface area is 202 Å². The molecule has 0 spiro atoms. The number of aryl methyl sites for hydroxylation is 1. The highest BCUT2D eigenvalue weighted by Crippen LogP contribution is 2.37. The number of carbonyl (C=O) groups is 4. The zero-order valence-corrected chi connectivity index (χ0v) is 20.2. The van der Waals surface area contributed by atoms with Gasteiger partial charge in [-0.1, -0.05) is 56.3 Å². The van der Waals surface area contributed by atoms with Crippen molar-refractivity contribution in [1.29, 1.82) is 0 Å². The minimum absolute atomic E-state index is 0.0602. The van der Waals surface area contributed by atoms with Crippen molar-refractivity contribution in [3.63, 3.8) is 0 Å². The SMILES string of the molecule is Cc1nc(-c2ccccc2)sc1C(=O)NNC(=O)C(CC(C)C)N1C(=O)C2CC=CCC2C1=O. The molecule has 3 unspecified atom stereocenters. The average molecular weight is 481 g/mol. The fourth-order valence-corrected chi connectivity index (χ4v) is 5.45. The third kappa shape index (κ3) is 4.65. The van der Waals surface area contributed by atoms with Crippen LogP contribution >= 0.6 is 11.3 Å². The van der Waals surface area contributed by atoms with Gasteiger partial charge >= 0.3 is 0 Å². The fraction of sp³-hybridized carbons (Fsp3) is 0.400. The Kier molecular flexibility index (Phi) is 6.92. The van der Waals surface area contributed by atoms with E-state index in [0.29, 0.717) is 34.8 Å². The molecule has 0 radical (unpaired) electrons. The van der Waals surface area contributed by atoms with Crippen molar-refractivity contribution < 1.29 is 19.2 Å². The number of fused-ring (bicyclic) bond motifs is 1. The maximum Gasteiger partial charge on any atom is 0.281 e. The smallest absolute Gasteiger partial charge is 0.274 e. The van der Waals surface area contributed by atoms with E-state index in [1.54, 1.807) is 6.92 Å². The molecule has 1 saturated heterocycles. The molecule has 34 heavy (non-hydrogen) atoms. The fourth-order valence-electron chi connectivity index (χ4n) is 4.48. The number of imide groups is 1. The number of likely N-dealkylation sites (tertiary alicyclic amines) is 1. The molecule has 2 heterocycles. The molecule has 178 valence electrons. The Balaban J connectivity index is 1.47. The minimum atomic E-state index is -0.978. The predicted octanol–water partition coefficient (Wildman–Crippen LogP) is 3.25. The highest BCUT2D eigenvalue weighted by Gasteiger charge is 2.51. The van der Waals surface area contributed by atoms with Crippen LogP contribution in [0.15, 0.2) is 42.5 Å². The van der Waals surface area contributed by atoms with E-state index in [1.807, 2.05) is 56.3 Å². The van der Waals surface area contributed by atoms with Crippen molar-refractivity contribution in [2.24, 2.45) is 17.8 Å². The molecular weight excluding hydrogens is 452 g/mol. The van der Waals surface area contributed by atoms with E-state index in [9.17, 15) is 19.2 Å². The maximum absolute atomic E-state index is 13.1. The molecule has 1 aromatic heterocycles. The van der Waals surface area contributed by atoms with Gasteiger partial charge in [-0.3, -0.25) is 34.9 Å². The first-order chi connectivity index (χ1) is 16.3. The number of hydrogen-bond acceptors (Lipinski definition) is 6. The number of nitrogens with one attached hydrogen (secondary N) is 2. The van der Waals surface area contributed by atoms with Gasteiger partial charge in [-0.15, -0.1) is 11.3 Å². The number of allylic oxidation sites excluding steroid dienone is 2. The number of benzene rings is 1. The molecule has 9 heteroatoms. The Morgan fingerprint density at radius 3 is 2.26 bits per heavy atom. The Hall–Kier alpha value is -3.33. The molecule has 1 aromatic carbocycles. The van der Waals surface area contributed by atoms with Crippen LogP contribution in [0.25, 0.3) is 10.6 Å². The summed E-state index contributed by atoms with van der Waals surface area (Å²) in [6, 6.07) is 8.54. The van der Waals surface area contributed by atoms with Crippen molar-refractivity contribution in [2.45, 2.75) is 46.1 Å². The largest absolute Gasteiger partial charge is 0.281 e. The van der Waals surface area contributed by atoms with Crippen LogP contribution in [0.4, 0.5) is 0 Å². The molecule has 1 aliphatic carbocycles. The van der Waals surface area contributed by atoms with E-state index in [1.165, 1.54) is 11.3 Å². The van der Waals surface area contributed by atoms with E-state index in [2.05, 4.69) is 15.8 Å². The molecule has 8 nitrogen and oxygen atoms in total. The second-order valence-corrected chi connectivity index (χ2v) is 10.1. The quantitative estimate of drug-likeness (QED) is 0.375. The monoisotopic (exact) mass is 480 g/mol. The molecular formula is C25H28N4O4S. The summed E-state index contributed by atoms with van der Waals surface area (Å²) in [5.74, 6) is -2.46.